The molecule has 0 saturated carbocycles. The van der Waals surface area contributed by atoms with Crippen molar-refractivity contribution in [1.29, 1.82) is 0 Å². The lowest BCUT2D eigenvalue weighted by molar-refractivity contribution is -0.138. The summed E-state index contributed by atoms with van der Waals surface area (Å²) in [5.41, 5.74) is 1.01. The van der Waals surface area contributed by atoms with Gasteiger partial charge in [0, 0.05) is 0 Å². The summed E-state index contributed by atoms with van der Waals surface area (Å²) in [6.45, 7) is 5.75. The van der Waals surface area contributed by atoms with Crippen molar-refractivity contribution in [3.63, 3.8) is 0 Å². The predicted octanol–water partition coefficient (Wildman–Crippen LogP) is 2.96. The molecule has 0 bridgehead atoms. The Hall–Kier alpha value is -2.18. The Kier molecular flexibility index (Phi) is 5.65. The summed E-state index contributed by atoms with van der Waals surface area (Å²) in [5.74, 6) is -1.21. The van der Waals surface area contributed by atoms with E-state index in [-0.39, 0.29) is 16.7 Å². The first kappa shape index (κ1) is 19.1. The SMILES string of the molecule is CC(C)(C)c1ccccc1S(=O)(=O)NC(Cc1ccccc1)C(=O)O. The topological polar surface area (TPSA) is 83.5 Å². The van der Waals surface area contributed by atoms with Gasteiger partial charge in [0.05, 0.1) is 4.90 Å². The predicted molar refractivity (Wildman–Crippen MR) is 97.0 cm³/mol. The number of carbonyl (C=O) groups is 1. The summed E-state index contributed by atoms with van der Waals surface area (Å²) in [4.78, 5) is 11.7. The third kappa shape index (κ3) is 4.90. The quantitative estimate of drug-likeness (QED) is 0.828. The van der Waals surface area contributed by atoms with Gasteiger partial charge in [-0.25, -0.2) is 8.42 Å². The molecule has 0 aromatic heterocycles. The van der Waals surface area contributed by atoms with Gasteiger partial charge in [-0.15, -0.1) is 0 Å². The minimum absolute atomic E-state index is 0.0765. The molecule has 1 unspecified atom stereocenters. The van der Waals surface area contributed by atoms with Crippen molar-refractivity contribution in [2.24, 2.45) is 0 Å². The smallest absolute Gasteiger partial charge is 0.322 e. The minimum atomic E-state index is -3.97. The monoisotopic (exact) mass is 361 g/mol. The molecular formula is C19H23NO4S. The molecule has 25 heavy (non-hydrogen) atoms. The zero-order valence-electron chi connectivity index (χ0n) is 14.6. The standard InChI is InChI=1S/C19H23NO4S/c1-19(2,3)15-11-7-8-12-17(15)25(23,24)20-16(18(21)22)13-14-9-5-4-6-10-14/h4-12,16,20H,13H2,1-3H3,(H,21,22). The van der Waals surface area contributed by atoms with Crippen LogP contribution in [0, 0.1) is 0 Å². The number of hydrogen-bond donors (Lipinski definition) is 2. The maximum absolute atomic E-state index is 12.8. The van der Waals surface area contributed by atoms with Crippen LogP contribution in [-0.2, 0) is 26.7 Å². The van der Waals surface area contributed by atoms with E-state index in [9.17, 15) is 18.3 Å². The summed E-state index contributed by atoms with van der Waals surface area (Å²) >= 11 is 0. The number of carboxylic acid groups (broad SMARTS) is 1. The molecule has 2 rings (SSSR count). The Balaban J connectivity index is 2.35. The van der Waals surface area contributed by atoms with Crippen molar-refractivity contribution >= 4 is 16.0 Å². The first-order chi connectivity index (χ1) is 11.6. The van der Waals surface area contributed by atoms with Crippen molar-refractivity contribution in [2.75, 3.05) is 0 Å². The number of benzene rings is 2. The molecule has 134 valence electrons. The Bertz CT molecular complexity index is 839. The van der Waals surface area contributed by atoms with E-state index in [0.29, 0.717) is 5.56 Å². The van der Waals surface area contributed by atoms with Gasteiger partial charge < -0.3 is 5.11 Å². The van der Waals surface area contributed by atoms with Crippen molar-refractivity contribution in [1.82, 2.24) is 4.72 Å². The maximum atomic E-state index is 12.8. The first-order valence-corrected chi connectivity index (χ1v) is 9.48. The highest BCUT2D eigenvalue weighted by Crippen LogP contribution is 2.28. The zero-order chi connectivity index (χ0) is 18.7. The van der Waals surface area contributed by atoms with Crippen molar-refractivity contribution in [2.45, 2.75) is 43.5 Å². The molecule has 5 nitrogen and oxygen atoms in total. The number of hydrogen-bond acceptors (Lipinski definition) is 3. The van der Waals surface area contributed by atoms with Gasteiger partial charge >= 0.3 is 5.97 Å². The van der Waals surface area contributed by atoms with Gasteiger partial charge in [0.1, 0.15) is 6.04 Å². The minimum Gasteiger partial charge on any atom is -0.480 e. The second kappa shape index (κ2) is 7.37. The second-order valence-corrected chi connectivity index (χ2v) is 8.63. The third-order valence-corrected chi connectivity index (χ3v) is 5.39. The molecule has 0 aliphatic heterocycles. The van der Waals surface area contributed by atoms with E-state index >= 15 is 0 Å². The van der Waals surface area contributed by atoms with Crippen LogP contribution >= 0.6 is 0 Å². The maximum Gasteiger partial charge on any atom is 0.322 e. The molecule has 0 fully saturated rings. The fraction of sp³-hybridized carbons (Fsp3) is 0.316. The molecular weight excluding hydrogens is 338 g/mol. The van der Waals surface area contributed by atoms with Gasteiger partial charge in [0.15, 0.2) is 0 Å². The van der Waals surface area contributed by atoms with Crippen molar-refractivity contribution in [3.05, 3.63) is 65.7 Å². The molecule has 2 aromatic carbocycles. The summed E-state index contributed by atoms with van der Waals surface area (Å²) in [6, 6.07) is 14.4. The number of aliphatic carboxylic acids is 1. The van der Waals surface area contributed by atoms with Crippen molar-refractivity contribution in [3.8, 4) is 0 Å². The molecule has 2 N–H and O–H groups in total. The Labute approximate surface area is 148 Å². The first-order valence-electron chi connectivity index (χ1n) is 8.00. The average Bonchev–Trinajstić information content (AvgIpc) is 2.54. The van der Waals surface area contributed by atoms with Gasteiger partial charge in [-0.2, -0.15) is 4.72 Å². The molecule has 1 atom stereocenters. The highest BCUT2D eigenvalue weighted by atomic mass is 32.2. The van der Waals surface area contributed by atoms with Gasteiger partial charge in [0.2, 0.25) is 10.0 Å². The second-order valence-electron chi connectivity index (χ2n) is 6.95. The van der Waals surface area contributed by atoms with Crippen LogP contribution in [0.3, 0.4) is 0 Å². The van der Waals surface area contributed by atoms with E-state index < -0.39 is 22.0 Å². The molecule has 0 aliphatic rings. The average molecular weight is 361 g/mol. The lowest BCUT2D eigenvalue weighted by Gasteiger charge is -2.23. The van der Waals surface area contributed by atoms with Crippen LogP contribution in [0.2, 0.25) is 0 Å². The third-order valence-electron chi connectivity index (χ3n) is 3.86. The van der Waals surface area contributed by atoms with Crippen LogP contribution in [0.1, 0.15) is 31.9 Å². The Morgan fingerprint density at radius 2 is 1.60 bits per heavy atom. The van der Waals surface area contributed by atoms with Gasteiger partial charge in [0.25, 0.3) is 0 Å². The van der Waals surface area contributed by atoms with Crippen LogP contribution < -0.4 is 4.72 Å². The van der Waals surface area contributed by atoms with Crippen LogP contribution in [0.5, 0.6) is 0 Å². The normalized spacial score (nSPS) is 13.4. The molecule has 0 saturated heterocycles. The zero-order valence-corrected chi connectivity index (χ0v) is 15.4. The molecule has 0 spiro atoms. The number of nitrogens with one attached hydrogen (secondary N) is 1. The fourth-order valence-corrected chi connectivity index (χ4v) is 4.21. The lowest BCUT2D eigenvalue weighted by atomic mass is 9.87. The summed E-state index contributed by atoms with van der Waals surface area (Å²) < 4.78 is 28.0. The summed E-state index contributed by atoms with van der Waals surface area (Å²) in [7, 11) is -3.97. The van der Waals surface area contributed by atoms with E-state index in [0.717, 1.165) is 5.56 Å². The molecule has 0 amide bonds. The highest BCUT2D eigenvalue weighted by molar-refractivity contribution is 7.89. The van der Waals surface area contributed by atoms with E-state index in [1.165, 1.54) is 6.07 Å². The largest absolute Gasteiger partial charge is 0.480 e. The number of rotatable bonds is 6. The van der Waals surface area contributed by atoms with E-state index in [1.807, 2.05) is 26.8 Å². The van der Waals surface area contributed by atoms with E-state index in [4.69, 9.17) is 0 Å². The van der Waals surface area contributed by atoms with Gasteiger partial charge in [-0.3, -0.25) is 4.79 Å². The summed E-state index contributed by atoms with van der Waals surface area (Å²) in [5, 5.41) is 9.45. The Morgan fingerprint density at radius 3 is 2.16 bits per heavy atom. The lowest BCUT2D eigenvalue weighted by Crippen LogP contribution is -2.42. The number of carboxylic acids is 1. The summed E-state index contributed by atoms with van der Waals surface area (Å²) in [6.07, 6.45) is 0.0765. The molecule has 0 aliphatic carbocycles. The Morgan fingerprint density at radius 1 is 1.04 bits per heavy atom. The molecule has 0 heterocycles. The van der Waals surface area contributed by atoms with Crippen LogP contribution in [0.15, 0.2) is 59.5 Å². The van der Waals surface area contributed by atoms with Crippen LogP contribution in [0.4, 0.5) is 0 Å². The molecule has 0 radical (unpaired) electrons. The highest BCUT2D eigenvalue weighted by Gasteiger charge is 2.30. The van der Waals surface area contributed by atoms with E-state index in [1.54, 1.807) is 42.5 Å². The van der Waals surface area contributed by atoms with Crippen LogP contribution in [-0.4, -0.2) is 25.5 Å². The van der Waals surface area contributed by atoms with Gasteiger partial charge in [-0.05, 0) is 29.0 Å². The molecule has 6 heteroatoms. The van der Waals surface area contributed by atoms with E-state index in [2.05, 4.69) is 4.72 Å². The number of sulfonamides is 1. The van der Waals surface area contributed by atoms with Gasteiger partial charge in [-0.1, -0.05) is 69.3 Å². The fourth-order valence-electron chi connectivity index (χ4n) is 2.60. The van der Waals surface area contributed by atoms with Crippen LogP contribution in [0.25, 0.3) is 0 Å². The molecule has 2 aromatic rings. The van der Waals surface area contributed by atoms with Crippen molar-refractivity contribution < 1.29 is 18.3 Å².